The van der Waals surface area contributed by atoms with Gasteiger partial charge >= 0.3 is 0 Å². The topological polar surface area (TPSA) is 96.3 Å². The minimum absolute atomic E-state index is 0.298. The highest BCUT2D eigenvalue weighted by Gasteiger charge is 2.12. The molecule has 7 nitrogen and oxygen atoms in total. The first-order valence-corrected chi connectivity index (χ1v) is 8.77. The Morgan fingerprint density at radius 3 is 2.44 bits per heavy atom. The van der Waals surface area contributed by atoms with Gasteiger partial charge in [-0.1, -0.05) is 0 Å². The van der Waals surface area contributed by atoms with E-state index in [-0.39, 0.29) is 5.91 Å². The molecule has 0 spiro atoms. The van der Waals surface area contributed by atoms with E-state index in [1.54, 1.807) is 56.0 Å². The summed E-state index contributed by atoms with van der Waals surface area (Å²) in [5.74, 6) is 0.902. The molecular weight excluding hydrogens is 364 g/mol. The molecule has 0 bridgehead atoms. The summed E-state index contributed by atoms with van der Waals surface area (Å²) in [6.07, 6.45) is 0. The average Bonchev–Trinajstić information content (AvgIpc) is 3.17. The van der Waals surface area contributed by atoms with Crippen molar-refractivity contribution in [3.63, 3.8) is 0 Å². The van der Waals surface area contributed by atoms with E-state index >= 15 is 0 Å². The van der Waals surface area contributed by atoms with Crippen molar-refractivity contribution in [3.05, 3.63) is 59.1 Å². The number of rotatable bonds is 6. The highest BCUT2D eigenvalue weighted by molar-refractivity contribution is 7.14. The molecule has 136 valence electrons. The van der Waals surface area contributed by atoms with Gasteiger partial charge in [-0.2, -0.15) is 5.26 Å². The van der Waals surface area contributed by atoms with Crippen molar-refractivity contribution in [1.82, 2.24) is 4.98 Å². The van der Waals surface area contributed by atoms with Crippen LogP contribution in [0.15, 0.2) is 47.8 Å². The van der Waals surface area contributed by atoms with E-state index in [1.165, 1.54) is 11.3 Å². The highest BCUT2D eigenvalue weighted by atomic mass is 32.1. The molecule has 1 amide bonds. The van der Waals surface area contributed by atoms with Crippen LogP contribution in [0.25, 0.3) is 0 Å². The number of benzene rings is 2. The van der Waals surface area contributed by atoms with Crippen molar-refractivity contribution >= 4 is 33.8 Å². The normalized spacial score (nSPS) is 9.96. The van der Waals surface area contributed by atoms with Crippen LogP contribution < -0.4 is 20.1 Å². The second-order valence-corrected chi connectivity index (χ2v) is 6.23. The monoisotopic (exact) mass is 380 g/mol. The molecule has 1 aromatic heterocycles. The van der Waals surface area contributed by atoms with Crippen LogP contribution >= 0.6 is 11.3 Å². The van der Waals surface area contributed by atoms with E-state index in [0.717, 1.165) is 5.69 Å². The van der Waals surface area contributed by atoms with E-state index in [4.69, 9.17) is 14.7 Å². The van der Waals surface area contributed by atoms with Gasteiger partial charge in [0.1, 0.15) is 5.69 Å². The van der Waals surface area contributed by atoms with Crippen molar-refractivity contribution in [3.8, 4) is 17.6 Å². The van der Waals surface area contributed by atoms with E-state index in [1.807, 2.05) is 12.1 Å². The van der Waals surface area contributed by atoms with Crippen LogP contribution in [-0.4, -0.2) is 25.1 Å². The molecule has 0 saturated carbocycles. The van der Waals surface area contributed by atoms with Gasteiger partial charge in [-0.15, -0.1) is 11.3 Å². The number of anilines is 3. The number of carbonyl (C=O) groups excluding carboxylic acids is 1. The molecule has 2 N–H and O–H groups in total. The minimum Gasteiger partial charge on any atom is -0.493 e. The van der Waals surface area contributed by atoms with Crippen LogP contribution in [0.2, 0.25) is 0 Å². The van der Waals surface area contributed by atoms with E-state index in [0.29, 0.717) is 33.6 Å². The molecule has 2 aromatic carbocycles. The van der Waals surface area contributed by atoms with Crippen LogP contribution in [0.3, 0.4) is 0 Å². The number of ether oxygens (including phenoxy) is 2. The lowest BCUT2D eigenvalue weighted by Gasteiger charge is -2.09. The minimum atomic E-state index is -0.323. The first-order chi connectivity index (χ1) is 13.1. The van der Waals surface area contributed by atoms with Crippen molar-refractivity contribution in [2.24, 2.45) is 0 Å². The zero-order chi connectivity index (χ0) is 19.2. The highest BCUT2D eigenvalue weighted by Crippen LogP contribution is 2.31. The number of nitriles is 1. The molecule has 0 radical (unpaired) electrons. The number of aromatic nitrogens is 1. The van der Waals surface area contributed by atoms with Crippen molar-refractivity contribution in [1.29, 1.82) is 5.26 Å². The zero-order valence-corrected chi connectivity index (χ0v) is 15.5. The quantitative estimate of drug-likeness (QED) is 0.670. The Bertz CT molecular complexity index is 993. The Hall–Kier alpha value is -3.57. The van der Waals surface area contributed by atoms with Crippen molar-refractivity contribution in [2.75, 3.05) is 24.9 Å². The molecule has 1 heterocycles. The number of methoxy groups -OCH3 is 2. The summed E-state index contributed by atoms with van der Waals surface area (Å²) in [5, 5.41) is 16.9. The van der Waals surface area contributed by atoms with Gasteiger partial charge in [0, 0.05) is 22.8 Å². The molecule has 8 heteroatoms. The maximum absolute atomic E-state index is 12.3. The maximum Gasteiger partial charge on any atom is 0.275 e. The van der Waals surface area contributed by atoms with Crippen LogP contribution in [0.1, 0.15) is 16.1 Å². The van der Waals surface area contributed by atoms with Gasteiger partial charge in [0.15, 0.2) is 16.6 Å². The van der Waals surface area contributed by atoms with Gasteiger partial charge in [0.05, 0.1) is 25.9 Å². The number of nitrogens with one attached hydrogen (secondary N) is 2. The average molecular weight is 380 g/mol. The van der Waals surface area contributed by atoms with Crippen LogP contribution in [-0.2, 0) is 0 Å². The van der Waals surface area contributed by atoms with Gasteiger partial charge in [-0.3, -0.25) is 4.79 Å². The summed E-state index contributed by atoms with van der Waals surface area (Å²) in [4.78, 5) is 16.6. The first-order valence-electron chi connectivity index (χ1n) is 7.89. The van der Waals surface area contributed by atoms with E-state index < -0.39 is 0 Å². The SMILES string of the molecule is COc1ccc(Nc2nc(C(=O)Nc3ccc(C#N)cc3)cs2)cc1OC. The Labute approximate surface area is 160 Å². The van der Waals surface area contributed by atoms with Crippen molar-refractivity contribution < 1.29 is 14.3 Å². The molecule has 0 aliphatic rings. The summed E-state index contributed by atoms with van der Waals surface area (Å²) in [6.45, 7) is 0. The lowest BCUT2D eigenvalue weighted by molar-refractivity contribution is 0.102. The van der Waals surface area contributed by atoms with E-state index in [2.05, 4.69) is 15.6 Å². The fourth-order valence-electron chi connectivity index (χ4n) is 2.30. The van der Waals surface area contributed by atoms with Gasteiger partial charge in [0.25, 0.3) is 5.91 Å². The summed E-state index contributed by atoms with van der Waals surface area (Å²) in [7, 11) is 3.14. The molecule has 3 aromatic rings. The van der Waals surface area contributed by atoms with Crippen LogP contribution in [0, 0.1) is 11.3 Å². The fourth-order valence-corrected chi connectivity index (χ4v) is 3.01. The second-order valence-electron chi connectivity index (χ2n) is 5.38. The first kappa shape index (κ1) is 18.2. The van der Waals surface area contributed by atoms with Crippen LogP contribution in [0.5, 0.6) is 11.5 Å². The second kappa shape index (κ2) is 8.21. The maximum atomic E-state index is 12.3. The third kappa shape index (κ3) is 4.34. The van der Waals surface area contributed by atoms with Gasteiger partial charge in [-0.25, -0.2) is 4.98 Å². The van der Waals surface area contributed by atoms with Gasteiger partial charge in [0.2, 0.25) is 0 Å². The zero-order valence-electron chi connectivity index (χ0n) is 14.6. The molecule has 0 fully saturated rings. The summed E-state index contributed by atoms with van der Waals surface area (Å²) in [6, 6.07) is 14.1. The van der Waals surface area contributed by atoms with E-state index in [9.17, 15) is 4.79 Å². The molecule has 0 atom stereocenters. The lowest BCUT2D eigenvalue weighted by Crippen LogP contribution is -2.12. The molecule has 27 heavy (non-hydrogen) atoms. The summed E-state index contributed by atoms with van der Waals surface area (Å²) < 4.78 is 10.5. The summed E-state index contributed by atoms with van der Waals surface area (Å²) >= 11 is 1.31. The number of hydrogen-bond donors (Lipinski definition) is 2. The molecule has 0 aliphatic heterocycles. The molecule has 0 aliphatic carbocycles. The smallest absolute Gasteiger partial charge is 0.275 e. The number of thiazole rings is 1. The van der Waals surface area contributed by atoms with Crippen molar-refractivity contribution in [2.45, 2.75) is 0 Å². The predicted molar refractivity (Wildman–Crippen MR) is 104 cm³/mol. The Morgan fingerprint density at radius 2 is 1.78 bits per heavy atom. The number of hydrogen-bond acceptors (Lipinski definition) is 7. The number of amides is 1. The largest absolute Gasteiger partial charge is 0.493 e. The fraction of sp³-hybridized carbons (Fsp3) is 0.105. The third-order valence-corrected chi connectivity index (χ3v) is 4.40. The Kier molecular flexibility index (Phi) is 5.54. The Morgan fingerprint density at radius 1 is 1.07 bits per heavy atom. The summed E-state index contributed by atoms with van der Waals surface area (Å²) in [5.41, 5.74) is 2.19. The standard InChI is InChI=1S/C19H16N4O3S/c1-25-16-8-7-14(9-17(16)26-2)22-19-23-15(11-27-19)18(24)21-13-5-3-12(10-20)4-6-13/h3-9,11H,1-2H3,(H,21,24)(H,22,23). The van der Waals surface area contributed by atoms with Crippen LogP contribution in [0.4, 0.5) is 16.5 Å². The molecular formula is C19H16N4O3S. The Balaban J connectivity index is 1.68. The molecule has 0 unspecified atom stereocenters. The number of carbonyl (C=O) groups is 1. The lowest BCUT2D eigenvalue weighted by atomic mass is 10.2. The molecule has 3 rings (SSSR count). The van der Waals surface area contributed by atoms with Gasteiger partial charge in [-0.05, 0) is 36.4 Å². The molecule has 0 saturated heterocycles. The number of nitrogens with zero attached hydrogens (tertiary/aromatic N) is 2. The van der Waals surface area contributed by atoms with Gasteiger partial charge < -0.3 is 20.1 Å². The third-order valence-electron chi connectivity index (χ3n) is 3.64. The predicted octanol–water partition coefficient (Wildman–Crippen LogP) is 4.03.